The zero-order valence-corrected chi connectivity index (χ0v) is 12.3. The third-order valence-corrected chi connectivity index (χ3v) is 3.95. The van der Waals surface area contributed by atoms with Crippen molar-refractivity contribution in [2.24, 2.45) is 0 Å². The van der Waals surface area contributed by atoms with Crippen LogP contribution in [0.15, 0.2) is 54.6 Å². The maximum atomic E-state index is 10.5. The first kappa shape index (κ1) is 14.1. The van der Waals surface area contributed by atoms with Crippen molar-refractivity contribution >= 4 is 0 Å². The molecule has 0 aliphatic carbocycles. The fraction of sp³-hybridized carbons (Fsp3) is 0.333. The molecule has 0 spiro atoms. The van der Waals surface area contributed by atoms with Crippen LogP contribution < -0.4 is 10.1 Å². The summed E-state index contributed by atoms with van der Waals surface area (Å²) < 4.78 is 5.88. The summed E-state index contributed by atoms with van der Waals surface area (Å²) in [4.78, 5) is 0. The molecule has 1 heterocycles. The van der Waals surface area contributed by atoms with Gasteiger partial charge in [-0.05, 0) is 24.1 Å². The molecule has 0 fully saturated rings. The minimum absolute atomic E-state index is 0.147. The quantitative estimate of drug-likeness (QED) is 0.886. The van der Waals surface area contributed by atoms with Crippen LogP contribution in [0.2, 0.25) is 0 Å². The molecule has 2 N–H and O–H groups in total. The number of aliphatic hydroxyl groups is 1. The van der Waals surface area contributed by atoms with Crippen molar-refractivity contribution < 1.29 is 9.84 Å². The van der Waals surface area contributed by atoms with E-state index >= 15 is 0 Å². The van der Waals surface area contributed by atoms with Crippen molar-refractivity contribution in [2.75, 3.05) is 13.1 Å². The van der Waals surface area contributed by atoms with Gasteiger partial charge in [0.15, 0.2) is 0 Å². The van der Waals surface area contributed by atoms with E-state index in [2.05, 4.69) is 11.4 Å². The van der Waals surface area contributed by atoms with Crippen molar-refractivity contribution in [3.05, 3.63) is 65.7 Å². The second-order valence-electron chi connectivity index (χ2n) is 5.82. The standard InChI is InChI=1S/C18H21NO2/c1-18(20,15-8-3-2-4-9-15)13-19-12-16-11-14-7-5-6-10-17(14)21-16/h2-10,16,19-20H,11-13H2,1H3. The minimum atomic E-state index is -0.868. The van der Waals surface area contributed by atoms with Gasteiger partial charge in [0.05, 0.1) is 5.60 Å². The molecule has 3 heteroatoms. The number of nitrogens with one attached hydrogen (secondary N) is 1. The van der Waals surface area contributed by atoms with Crippen LogP contribution in [0.3, 0.4) is 0 Å². The third kappa shape index (κ3) is 3.26. The average Bonchev–Trinajstić information content (AvgIpc) is 2.90. The van der Waals surface area contributed by atoms with E-state index in [9.17, 15) is 5.11 Å². The molecule has 1 aliphatic heterocycles. The summed E-state index contributed by atoms with van der Waals surface area (Å²) in [7, 11) is 0. The fourth-order valence-electron chi connectivity index (χ4n) is 2.74. The molecular formula is C18H21NO2. The predicted octanol–water partition coefficient (Wildman–Crippen LogP) is 2.49. The van der Waals surface area contributed by atoms with Gasteiger partial charge >= 0.3 is 0 Å². The highest BCUT2D eigenvalue weighted by molar-refractivity contribution is 5.37. The maximum Gasteiger partial charge on any atom is 0.123 e. The van der Waals surface area contributed by atoms with Crippen molar-refractivity contribution in [3.8, 4) is 5.75 Å². The lowest BCUT2D eigenvalue weighted by molar-refractivity contribution is 0.0543. The van der Waals surface area contributed by atoms with Gasteiger partial charge in [-0.2, -0.15) is 0 Å². The highest BCUT2D eigenvalue weighted by atomic mass is 16.5. The molecule has 110 valence electrons. The molecule has 21 heavy (non-hydrogen) atoms. The van der Waals surface area contributed by atoms with Crippen LogP contribution in [0.5, 0.6) is 5.75 Å². The second-order valence-corrected chi connectivity index (χ2v) is 5.82. The van der Waals surface area contributed by atoms with Crippen LogP contribution in [-0.2, 0) is 12.0 Å². The number of hydrogen-bond donors (Lipinski definition) is 2. The van der Waals surface area contributed by atoms with E-state index in [1.807, 2.05) is 55.5 Å². The minimum Gasteiger partial charge on any atom is -0.488 e. The Bertz CT molecular complexity index is 570. The average molecular weight is 283 g/mol. The number of ether oxygens (including phenoxy) is 1. The van der Waals surface area contributed by atoms with Gasteiger partial charge in [-0.1, -0.05) is 48.5 Å². The summed E-state index contributed by atoms with van der Waals surface area (Å²) in [6.07, 6.45) is 1.07. The lowest BCUT2D eigenvalue weighted by Crippen LogP contribution is -2.40. The Morgan fingerprint density at radius 2 is 1.86 bits per heavy atom. The van der Waals surface area contributed by atoms with Crippen molar-refractivity contribution in [1.82, 2.24) is 5.32 Å². The van der Waals surface area contributed by atoms with Crippen molar-refractivity contribution in [3.63, 3.8) is 0 Å². The molecule has 2 unspecified atom stereocenters. The molecule has 0 bridgehead atoms. The molecule has 2 atom stereocenters. The smallest absolute Gasteiger partial charge is 0.123 e. The van der Waals surface area contributed by atoms with E-state index in [0.717, 1.165) is 24.3 Å². The van der Waals surface area contributed by atoms with Gasteiger partial charge in [-0.3, -0.25) is 0 Å². The highest BCUT2D eigenvalue weighted by Gasteiger charge is 2.25. The van der Waals surface area contributed by atoms with E-state index < -0.39 is 5.60 Å². The Kier molecular flexibility index (Phi) is 3.95. The summed E-state index contributed by atoms with van der Waals surface area (Å²) in [5, 5.41) is 13.9. The Morgan fingerprint density at radius 3 is 2.62 bits per heavy atom. The Morgan fingerprint density at radius 1 is 1.14 bits per heavy atom. The van der Waals surface area contributed by atoms with Crippen LogP contribution in [0.4, 0.5) is 0 Å². The number of rotatable bonds is 5. The molecular weight excluding hydrogens is 262 g/mol. The van der Waals surface area contributed by atoms with E-state index in [0.29, 0.717) is 6.54 Å². The predicted molar refractivity (Wildman–Crippen MR) is 83.4 cm³/mol. The second kappa shape index (κ2) is 5.88. The van der Waals surface area contributed by atoms with E-state index in [-0.39, 0.29) is 6.10 Å². The fourth-order valence-corrected chi connectivity index (χ4v) is 2.74. The monoisotopic (exact) mass is 283 g/mol. The lowest BCUT2D eigenvalue weighted by Gasteiger charge is -2.25. The zero-order chi connectivity index (χ0) is 14.7. The summed E-state index contributed by atoms with van der Waals surface area (Å²) in [6.45, 7) is 3.07. The SMILES string of the molecule is CC(O)(CNCC1Cc2ccccc2O1)c1ccccc1. The Hall–Kier alpha value is -1.84. The van der Waals surface area contributed by atoms with Gasteiger partial charge in [-0.25, -0.2) is 0 Å². The van der Waals surface area contributed by atoms with Crippen LogP contribution in [0.1, 0.15) is 18.1 Å². The van der Waals surface area contributed by atoms with Crippen LogP contribution in [-0.4, -0.2) is 24.3 Å². The van der Waals surface area contributed by atoms with Gasteiger partial charge in [0.25, 0.3) is 0 Å². The maximum absolute atomic E-state index is 10.5. The Balaban J connectivity index is 1.51. The van der Waals surface area contributed by atoms with Gasteiger partial charge in [-0.15, -0.1) is 0 Å². The van der Waals surface area contributed by atoms with Crippen molar-refractivity contribution in [2.45, 2.75) is 25.0 Å². The molecule has 2 aromatic carbocycles. The van der Waals surface area contributed by atoms with E-state index in [1.165, 1.54) is 5.56 Å². The number of para-hydroxylation sites is 1. The molecule has 0 saturated carbocycles. The van der Waals surface area contributed by atoms with Crippen LogP contribution >= 0.6 is 0 Å². The third-order valence-electron chi connectivity index (χ3n) is 3.95. The molecule has 3 nitrogen and oxygen atoms in total. The molecule has 2 aromatic rings. The topological polar surface area (TPSA) is 41.5 Å². The molecule has 0 amide bonds. The molecule has 1 aliphatic rings. The normalized spacial score (nSPS) is 19.6. The van der Waals surface area contributed by atoms with Crippen LogP contribution in [0.25, 0.3) is 0 Å². The van der Waals surface area contributed by atoms with Gasteiger partial charge in [0.1, 0.15) is 11.9 Å². The van der Waals surface area contributed by atoms with E-state index in [1.54, 1.807) is 0 Å². The molecule has 3 rings (SSSR count). The first-order chi connectivity index (χ1) is 10.1. The summed E-state index contributed by atoms with van der Waals surface area (Å²) in [5.74, 6) is 0.985. The van der Waals surface area contributed by atoms with Gasteiger partial charge in [0.2, 0.25) is 0 Å². The summed E-state index contributed by atoms with van der Waals surface area (Å²) >= 11 is 0. The van der Waals surface area contributed by atoms with Gasteiger partial charge < -0.3 is 15.2 Å². The largest absolute Gasteiger partial charge is 0.488 e. The highest BCUT2D eigenvalue weighted by Crippen LogP contribution is 2.28. The summed E-state index contributed by atoms with van der Waals surface area (Å²) in [5.41, 5.74) is 1.32. The number of benzene rings is 2. The number of hydrogen-bond acceptors (Lipinski definition) is 3. The first-order valence-corrected chi connectivity index (χ1v) is 7.38. The van der Waals surface area contributed by atoms with Gasteiger partial charge in [0, 0.05) is 19.5 Å². The molecule has 0 radical (unpaired) electrons. The van der Waals surface area contributed by atoms with Crippen molar-refractivity contribution in [1.29, 1.82) is 0 Å². The molecule has 0 aromatic heterocycles. The first-order valence-electron chi connectivity index (χ1n) is 7.38. The Labute approximate surface area is 125 Å². The zero-order valence-electron chi connectivity index (χ0n) is 12.3. The lowest BCUT2D eigenvalue weighted by atomic mass is 9.96. The number of fused-ring (bicyclic) bond motifs is 1. The van der Waals surface area contributed by atoms with Crippen LogP contribution in [0, 0.1) is 0 Å². The van der Waals surface area contributed by atoms with E-state index in [4.69, 9.17) is 4.74 Å². The summed E-state index contributed by atoms with van der Waals surface area (Å²) in [6, 6.07) is 17.9. The molecule has 0 saturated heterocycles.